The SMILES string of the molecule is CCN(c1cc(-c2ccc(C(=O)NCCCCNc3cccc4c3C(=O)N(C3CCC(=O)OC3=O)C4=O)cc2)cc(C(=O)NCc2c(C)cc(C)[nH]c2=O)c1C)C1CCOCC1. The van der Waals surface area contributed by atoms with Gasteiger partial charge in [0, 0.05) is 85.6 Å². The molecule has 0 radical (unpaired) electrons. The molecule has 4 aromatic rings. The predicted molar refractivity (Wildman–Crippen MR) is 232 cm³/mol. The van der Waals surface area contributed by atoms with Crippen LogP contribution < -0.4 is 26.4 Å². The van der Waals surface area contributed by atoms with Gasteiger partial charge in [-0.2, -0.15) is 0 Å². The summed E-state index contributed by atoms with van der Waals surface area (Å²) in [5.74, 6) is -3.33. The zero-order valence-corrected chi connectivity index (χ0v) is 35.5. The van der Waals surface area contributed by atoms with Gasteiger partial charge in [-0.25, -0.2) is 4.79 Å². The number of unbranched alkanes of at least 4 members (excludes halogenated alkanes) is 1. The number of aromatic nitrogens is 1. The fourth-order valence-electron chi connectivity index (χ4n) is 8.55. The van der Waals surface area contributed by atoms with E-state index in [1.54, 1.807) is 24.3 Å². The van der Waals surface area contributed by atoms with E-state index >= 15 is 0 Å². The number of aryl methyl sites for hydroxylation is 2. The molecule has 4 heterocycles. The van der Waals surface area contributed by atoms with Crippen LogP contribution in [0.4, 0.5) is 11.4 Å². The molecule has 324 valence electrons. The summed E-state index contributed by atoms with van der Waals surface area (Å²) in [6, 6.07) is 17.1. The van der Waals surface area contributed by atoms with Gasteiger partial charge >= 0.3 is 11.9 Å². The van der Waals surface area contributed by atoms with Crippen molar-refractivity contribution in [2.24, 2.45) is 0 Å². The van der Waals surface area contributed by atoms with Crippen molar-refractivity contribution in [3.63, 3.8) is 0 Å². The zero-order chi connectivity index (χ0) is 44.1. The Morgan fingerprint density at radius 2 is 1.58 bits per heavy atom. The maximum absolute atomic E-state index is 13.9. The van der Waals surface area contributed by atoms with Gasteiger partial charge in [0.2, 0.25) is 0 Å². The lowest BCUT2D eigenvalue weighted by Crippen LogP contribution is -2.48. The van der Waals surface area contributed by atoms with E-state index in [-0.39, 0.29) is 53.9 Å². The van der Waals surface area contributed by atoms with Crippen molar-refractivity contribution in [2.75, 3.05) is 43.1 Å². The van der Waals surface area contributed by atoms with Crippen molar-refractivity contribution < 1.29 is 38.2 Å². The van der Waals surface area contributed by atoms with Crippen LogP contribution in [0.5, 0.6) is 0 Å². The van der Waals surface area contributed by atoms with Gasteiger partial charge in [-0.15, -0.1) is 0 Å². The first kappa shape index (κ1) is 43.5. The number of rotatable bonds is 15. The van der Waals surface area contributed by atoms with E-state index in [9.17, 15) is 33.6 Å². The number of esters is 2. The largest absolute Gasteiger partial charge is 0.392 e. The number of fused-ring (bicyclic) bond motifs is 1. The number of imide groups is 1. The quantitative estimate of drug-likeness (QED) is 0.0521. The molecule has 0 aliphatic carbocycles. The van der Waals surface area contributed by atoms with Gasteiger partial charge in [0.15, 0.2) is 0 Å². The Morgan fingerprint density at radius 3 is 2.29 bits per heavy atom. The molecular weight excluding hydrogens is 793 g/mol. The van der Waals surface area contributed by atoms with E-state index in [0.717, 1.165) is 57.9 Å². The number of nitrogens with one attached hydrogen (secondary N) is 4. The molecule has 3 aliphatic rings. The van der Waals surface area contributed by atoms with Crippen molar-refractivity contribution in [1.82, 2.24) is 20.5 Å². The first-order chi connectivity index (χ1) is 29.9. The van der Waals surface area contributed by atoms with Crippen LogP contribution in [0.15, 0.2) is 65.5 Å². The second-order valence-corrected chi connectivity index (χ2v) is 15.9. The summed E-state index contributed by atoms with van der Waals surface area (Å²) in [7, 11) is 0. The van der Waals surface area contributed by atoms with Crippen LogP contribution in [-0.2, 0) is 25.6 Å². The van der Waals surface area contributed by atoms with E-state index in [1.165, 1.54) is 6.07 Å². The van der Waals surface area contributed by atoms with Gasteiger partial charge < -0.3 is 35.3 Å². The van der Waals surface area contributed by atoms with E-state index in [0.29, 0.717) is 61.5 Å². The number of H-pyrrole nitrogens is 1. The van der Waals surface area contributed by atoms with Crippen molar-refractivity contribution in [2.45, 2.75) is 84.8 Å². The highest BCUT2D eigenvalue weighted by Crippen LogP contribution is 2.35. The van der Waals surface area contributed by atoms with Crippen LogP contribution in [0.25, 0.3) is 11.1 Å². The standard InChI is InChI=1S/C47H52N6O9/c1-5-52(33-17-21-61-22-18-33)39-25-32(24-35(29(39)4)43(56)50-26-36-27(2)23-28(3)51-44(36)57)30-11-13-31(14-12-30)42(55)49-20-7-6-19-48-37-10-8-9-34-41(37)46(59)53(45(34)58)38-15-16-40(54)62-47(38)60/h8-14,23-25,33,38,48H,5-7,15-22,26H2,1-4H3,(H,49,55)(H,50,56)(H,51,57). The Hall–Kier alpha value is -6.61. The molecule has 62 heavy (non-hydrogen) atoms. The number of amides is 4. The maximum Gasteiger partial charge on any atom is 0.337 e. The number of ether oxygens (including phenoxy) is 2. The van der Waals surface area contributed by atoms with E-state index in [1.807, 2.05) is 45.0 Å². The molecule has 4 amide bonds. The van der Waals surface area contributed by atoms with Gasteiger partial charge in [-0.05, 0) is 125 Å². The third kappa shape index (κ3) is 9.17. The van der Waals surface area contributed by atoms with Crippen molar-refractivity contribution >= 4 is 46.9 Å². The number of pyridine rings is 1. The van der Waals surface area contributed by atoms with Crippen molar-refractivity contribution in [3.05, 3.63) is 116 Å². The Labute approximate surface area is 359 Å². The molecule has 3 aromatic carbocycles. The molecule has 2 fully saturated rings. The third-order valence-electron chi connectivity index (χ3n) is 11.9. The number of aromatic amines is 1. The highest BCUT2D eigenvalue weighted by Gasteiger charge is 2.46. The number of carbonyl (C=O) groups excluding carboxylic acids is 6. The monoisotopic (exact) mass is 844 g/mol. The van der Waals surface area contributed by atoms with Crippen LogP contribution in [0, 0.1) is 20.8 Å². The smallest absolute Gasteiger partial charge is 0.337 e. The summed E-state index contributed by atoms with van der Waals surface area (Å²) < 4.78 is 10.3. The molecule has 0 spiro atoms. The van der Waals surface area contributed by atoms with E-state index in [2.05, 4.69) is 43.6 Å². The van der Waals surface area contributed by atoms with Crippen LogP contribution >= 0.6 is 0 Å². The molecule has 0 bridgehead atoms. The number of hydrogen-bond donors (Lipinski definition) is 4. The Balaban J connectivity index is 0.981. The molecule has 15 heteroatoms. The number of cyclic esters (lactones) is 2. The minimum absolute atomic E-state index is 0.0202. The Kier molecular flexibility index (Phi) is 13.3. The van der Waals surface area contributed by atoms with Crippen LogP contribution in [0.2, 0.25) is 0 Å². The molecule has 2 saturated heterocycles. The number of nitrogens with zero attached hydrogens (tertiary/aromatic N) is 2. The topological polar surface area (TPSA) is 196 Å². The van der Waals surface area contributed by atoms with Gasteiger partial charge in [0.1, 0.15) is 6.04 Å². The highest BCUT2D eigenvalue weighted by molar-refractivity contribution is 6.25. The minimum Gasteiger partial charge on any atom is -0.392 e. The zero-order valence-electron chi connectivity index (χ0n) is 35.5. The summed E-state index contributed by atoms with van der Waals surface area (Å²) >= 11 is 0. The van der Waals surface area contributed by atoms with Crippen LogP contribution in [-0.4, -0.2) is 90.4 Å². The second kappa shape index (κ2) is 19.0. The van der Waals surface area contributed by atoms with Crippen molar-refractivity contribution in [3.8, 4) is 11.1 Å². The molecule has 1 aromatic heterocycles. The lowest BCUT2D eigenvalue weighted by atomic mass is 9.94. The molecule has 1 unspecified atom stereocenters. The summed E-state index contributed by atoms with van der Waals surface area (Å²) in [5, 5.41) is 9.17. The number of benzene rings is 3. The van der Waals surface area contributed by atoms with E-state index < -0.39 is 29.8 Å². The Bertz CT molecular complexity index is 2470. The van der Waals surface area contributed by atoms with Gasteiger partial charge in [-0.3, -0.25) is 33.7 Å². The first-order valence-electron chi connectivity index (χ1n) is 21.2. The molecule has 1 atom stereocenters. The maximum atomic E-state index is 13.9. The third-order valence-corrected chi connectivity index (χ3v) is 11.9. The molecular formula is C47H52N6O9. The summed E-state index contributed by atoms with van der Waals surface area (Å²) in [4.78, 5) is 96.2. The molecule has 7 rings (SSSR count). The summed E-state index contributed by atoms with van der Waals surface area (Å²) in [6.07, 6.45) is 2.97. The predicted octanol–water partition coefficient (Wildman–Crippen LogP) is 5.35. The molecule has 0 saturated carbocycles. The van der Waals surface area contributed by atoms with Crippen LogP contribution in [0.1, 0.15) is 109 Å². The minimum atomic E-state index is -1.15. The number of hydrogen-bond acceptors (Lipinski definition) is 11. The van der Waals surface area contributed by atoms with Crippen LogP contribution in [0.3, 0.4) is 0 Å². The molecule has 15 nitrogen and oxygen atoms in total. The normalized spacial score (nSPS) is 16.5. The highest BCUT2D eigenvalue weighted by atomic mass is 16.6. The number of carbonyl (C=O) groups is 6. The molecule has 3 aliphatic heterocycles. The summed E-state index contributed by atoms with van der Waals surface area (Å²) in [5.41, 5.74) is 7.08. The first-order valence-corrected chi connectivity index (χ1v) is 21.2. The van der Waals surface area contributed by atoms with E-state index in [4.69, 9.17) is 4.74 Å². The fraction of sp³-hybridized carbons (Fsp3) is 0.383. The van der Waals surface area contributed by atoms with Crippen molar-refractivity contribution in [1.29, 1.82) is 0 Å². The van der Waals surface area contributed by atoms with Gasteiger partial charge in [0.25, 0.3) is 29.2 Å². The Morgan fingerprint density at radius 1 is 0.839 bits per heavy atom. The second-order valence-electron chi connectivity index (χ2n) is 15.9. The number of anilines is 2. The average molecular weight is 845 g/mol. The fourth-order valence-corrected chi connectivity index (χ4v) is 8.55. The lowest BCUT2D eigenvalue weighted by Gasteiger charge is -2.37. The summed E-state index contributed by atoms with van der Waals surface area (Å²) in [6.45, 7) is 10.8. The average Bonchev–Trinajstić information content (AvgIpc) is 3.51. The molecule has 4 N–H and O–H groups in total. The van der Waals surface area contributed by atoms with Gasteiger partial charge in [0.05, 0.1) is 11.1 Å². The lowest BCUT2D eigenvalue weighted by molar-refractivity contribution is -0.167. The van der Waals surface area contributed by atoms with Gasteiger partial charge in [-0.1, -0.05) is 18.2 Å².